The minimum absolute atomic E-state index is 0.328. The van der Waals surface area contributed by atoms with Crippen LogP contribution in [-0.4, -0.2) is 13.1 Å². The van der Waals surface area contributed by atoms with Crippen molar-refractivity contribution in [1.82, 2.24) is 0 Å². The summed E-state index contributed by atoms with van der Waals surface area (Å²) in [4.78, 5) is 2.42. The van der Waals surface area contributed by atoms with Gasteiger partial charge in [0, 0.05) is 18.8 Å². The van der Waals surface area contributed by atoms with Crippen LogP contribution >= 0.6 is 0 Å². The lowest BCUT2D eigenvalue weighted by molar-refractivity contribution is 0.578. The summed E-state index contributed by atoms with van der Waals surface area (Å²) in [7, 11) is 0. The summed E-state index contributed by atoms with van der Waals surface area (Å²) in [5, 5.41) is 9.43. The maximum Gasteiger partial charge on any atom is 0.123 e. The second-order valence-corrected chi connectivity index (χ2v) is 6.27. The number of anilines is 1. The van der Waals surface area contributed by atoms with Gasteiger partial charge in [-0.2, -0.15) is 5.26 Å². The molecule has 2 aromatic rings. The number of hydrogen-bond acceptors (Lipinski definition) is 2. The minimum Gasteiger partial charge on any atom is -0.372 e. The van der Waals surface area contributed by atoms with Crippen LogP contribution in [0.1, 0.15) is 36.0 Å². The third-order valence-electron chi connectivity index (χ3n) is 4.53. The molecule has 1 aliphatic heterocycles. The Morgan fingerprint density at radius 2 is 1.92 bits per heavy atom. The number of hydrogen-bond donors (Lipinski definition) is 0. The first-order chi connectivity index (χ1) is 11.7. The highest BCUT2D eigenvalue weighted by atomic mass is 19.1. The summed E-state index contributed by atoms with van der Waals surface area (Å²) in [6.45, 7) is 4.28. The van der Waals surface area contributed by atoms with E-state index < -0.39 is 0 Å². The monoisotopic (exact) mass is 320 g/mol. The van der Waals surface area contributed by atoms with Gasteiger partial charge in [0.15, 0.2) is 0 Å². The van der Waals surface area contributed by atoms with Crippen molar-refractivity contribution in [1.29, 1.82) is 5.26 Å². The fourth-order valence-corrected chi connectivity index (χ4v) is 3.16. The second kappa shape index (κ2) is 7.31. The molecule has 1 saturated heterocycles. The predicted octanol–water partition coefficient (Wildman–Crippen LogP) is 5.19. The van der Waals surface area contributed by atoms with E-state index in [9.17, 15) is 9.65 Å². The normalized spacial score (nSPS) is 15.2. The third-order valence-corrected chi connectivity index (χ3v) is 4.53. The van der Waals surface area contributed by atoms with E-state index in [0.717, 1.165) is 24.2 Å². The van der Waals surface area contributed by atoms with Crippen molar-refractivity contribution in [2.75, 3.05) is 18.0 Å². The number of nitrogens with zero attached hydrogens (tertiary/aromatic N) is 2. The molecule has 0 radical (unpaired) electrons. The summed E-state index contributed by atoms with van der Waals surface area (Å²) in [5.74, 6) is -0.328. The Balaban J connectivity index is 1.90. The van der Waals surface area contributed by atoms with Crippen molar-refractivity contribution in [2.45, 2.75) is 26.2 Å². The van der Waals surface area contributed by atoms with Crippen molar-refractivity contribution in [3.8, 4) is 6.07 Å². The molecule has 1 heterocycles. The van der Waals surface area contributed by atoms with Crippen molar-refractivity contribution in [3.05, 3.63) is 65.0 Å². The Hall–Kier alpha value is -2.60. The highest BCUT2D eigenvalue weighted by Crippen LogP contribution is 2.25. The zero-order chi connectivity index (χ0) is 16.9. The van der Waals surface area contributed by atoms with Gasteiger partial charge < -0.3 is 4.90 Å². The fourth-order valence-electron chi connectivity index (χ4n) is 3.16. The van der Waals surface area contributed by atoms with E-state index in [1.807, 2.05) is 6.08 Å². The number of nitriles is 1. The Morgan fingerprint density at radius 3 is 2.58 bits per heavy atom. The first kappa shape index (κ1) is 16.3. The zero-order valence-corrected chi connectivity index (χ0v) is 13.9. The van der Waals surface area contributed by atoms with Crippen LogP contribution in [0.25, 0.3) is 11.6 Å². The Morgan fingerprint density at radius 1 is 1.12 bits per heavy atom. The average molecular weight is 320 g/mol. The number of halogens is 1. The molecule has 0 bridgehead atoms. The number of benzene rings is 2. The molecule has 3 heteroatoms. The average Bonchev–Trinajstić information content (AvgIpc) is 2.61. The number of rotatable bonds is 3. The molecule has 2 nitrogen and oxygen atoms in total. The molecule has 0 unspecified atom stereocenters. The zero-order valence-electron chi connectivity index (χ0n) is 13.9. The topological polar surface area (TPSA) is 27.0 Å². The van der Waals surface area contributed by atoms with E-state index in [-0.39, 0.29) is 5.82 Å². The smallest absolute Gasteiger partial charge is 0.123 e. The molecule has 24 heavy (non-hydrogen) atoms. The van der Waals surface area contributed by atoms with Gasteiger partial charge in [0.2, 0.25) is 0 Å². The van der Waals surface area contributed by atoms with Crippen LogP contribution in [-0.2, 0) is 0 Å². The lowest BCUT2D eigenvalue weighted by Gasteiger charge is -2.29. The lowest BCUT2D eigenvalue weighted by atomic mass is 10.00. The van der Waals surface area contributed by atoms with E-state index in [1.54, 1.807) is 12.1 Å². The number of allylic oxidation sites excluding steroid dienone is 1. The highest BCUT2D eigenvalue weighted by molar-refractivity contribution is 5.90. The van der Waals surface area contributed by atoms with Crippen molar-refractivity contribution in [3.63, 3.8) is 0 Å². The molecule has 0 amide bonds. The van der Waals surface area contributed by atoms with Gasteiger partial charge in [0.05, 0.1) is 11.6 Å². The molecule has 0 aliphatic carbocycles. The van der Waals surface area contributed by atoms with E-state index in [4.69, 9.17) is 0 Å². The molecule has 3 rings (SSSR count). The van der Waals surface area contributed by atoms with Gasteiger partial charge in [-0.3, -0.25) is 0 Å². The third kappa shape index (κ3) is 3.65. The summed E-state index contributed by atoms with van der Waals surface area (Å²) in [6.07, 6.45) is 5.65. The minimum atomic E-state index is -0.328. The molecule has 0 atom stereocenters. The molecule has 1 aliphatic rings. The SMILES string of the molecule is Cc1cc(N2CCCCC2)ccc1/C=C(/C#N)c1cccc(F)c1. The quantitative estimate of drug-likeness (QED) is 0.575. The highest BCUT2D eigenvalue weighted by Gasteiger charge is 2.12. The van der Waals surface area contributed by atoms with Crippen molar-refractivity contribution >= 4 is 17.3 Å². The van der Waals surface area contributed by atoms with Gasteiger partial charge >= 0.3 is 0 Å². The summed E-state index contributed by atoms with van der Waals surface area (Å²) in [5.41, 5.74) is 4.45. The fraction of sp³-hybridized carbons (Fsp3) is 0.286. The predicted molar refractivity (Wildman–Crippen MR) is 97.1 cm³/mol. The van der Waals surface area contributed by atoms with Gasteiger partial charge in [-0.15, -0.1) is 0 Å². The summed E-state index contributed by atoms with van der Waals surface area (Å²) < 4.78 is 13.4. The molecule has 0 saturated carbocycles. The van der Waals surface area contributed by atoms with E-state index in [0.29, 0.717) is 11.1 Å². The maximum absolute atomic E-state index is 13.4. The van der Waals surface area contributed by atoms with Crippen molar-refractivity contribution < 1.29 is 4.39 Å². The number of piperidine rings is 1. The van der Waals surface area contributed by atoms with E-state index >= 15 is 0 Å². The van der Waals surface area contributed by atoms with Crippen LogP contribution in [0, 0.1) is 24.1 Å². The lowest BCUT2D eigenvalue weighted by Crippen LogP contribution is -2.29. The Labute approximate surface area is 142 Å². The first-order valence-electron chi connectivity index (χ1n) is 8.41. The molecule has 122 valence electrons. The standard InChI is InChI=1S/C21H21FN2/c1-16-12-21(24-10-3-2-4-11-24)9-8-17(16)13-19(15-23)18-6-5-7-20(22)14-18/h5-9,12-14H,2-4,10-11H2,1H3/b19-13-. The molecular weight excluding hydrogens is 299 g/mol. The molecular formula is C21H21FN2. The summed E-state index contributed by atoms with van der Waals surface area (Å²) >= 11 is 0. The molecule has 0 aromatic heterocycles. The van der Waals surface area contributed by atoms with Gasteiger partial charge in [0.1, 0.15) is 5.82 Å². The van der Waals surface area contributed by atoms with Crippen LogP contribution in [0.4, 0.5) is 10.1 Å². The second-order valence-electron chi connectivity index (χ2n) is 6.27. The number of aryl methyl sites for hydroxylation is 1. The Kier molecular flexibility index (Phi) is 4.96. The van der Waals surface area contributed by atoms with Gasteiger partial charge in [-0.25, -0.2) is 4.39 Å². The van der Waals surface area contributed by atoms with Crippen LogP contribution < -0.4 is 4.90 Å². The molecule has 0 N–H and O–H groups in total. The molecule has 2 aromatic carbocycles. The van der Waals surface area contributed by atoms with Gasteiger partial charge in [-0.1, -0.05) is 18.2 Å². The van der Waals surface area contributed by atoms with E-state index in [1.165, 1.54) is 37.1 Å². The molecule has 0 spiro atoms. The van der Waals surface area contributed by atoms with Crippen LogP contribution in [0.2, 0.25) is 0 Å². The summed E-state index contributed by atoms with van der Waals surface area (Å²) in [6, 6.07) is 14.7. The van der Waals surface area contributed by atoms with Crippen molar-refractivity contribution in [2.24, 2.45) is 0 Å². The maximum atomic E-state index is 13.4. The van der Waals surface area contributed by atoms with E-state index in [2.05, 4.69) is 36.1 Å². The Bertz CT molecular complexity index is 796. The van der Waals surface area contributed by atoms with Crippen LogP contribution in [0.5, 0.6) is 0 Å². The van der Waals surface area contributed by atoms with Crippen LogP contribution in [0.3, 0.4) is 0 Å². The van der Waals surface area contributed by atoms with Crippen LogP contribution in [0.15, 0.2) is 42.5 Å². The largest absolute Gasteiger partial charge is 0.372 e. The first-order valence-corrected chi connectivity index (χ1v) is 8.41. The van der Waals surface area contributed by atoms with Gasteiger partial charge in [-0.05, 0) is 73.2 Å². The van der Waals surface area contributed by atoms with Gasteiger partial charge in [0.25, 0.3) is 0 Å². The molecule has 1 fully saturated rings.